The zero-order valence-electron chi connectivity index (χ0n) is 10.5. The lowest BCUT2D eigenvalue weighted by atomic mass is 10.1. The van der Waals surface area contributed by atoms with Crippen molar-refractivity contribution in [1.82, 2.24) is 4.90 Å². The maximum atomic E-state index is 12.9. The molecule has 0 saturated carbocycles. The highest BCUT2D eigenvalue weighted by Crippen LogP contribution is 2.21. The molecule has 1 saturated heterocycles. The van der Waals surface area contributed by atoms with Crippen molar-refractivity contribution in [2.45, 2.75) is 19.4 Å². The van der Waals surface area contributed by atoms with Crippen LogP contribution >= 0.6 is 0 Å². The van der Waals surface area contributed by atoms with Crippen molar-refractivity contribution in [3.8, 4) is 5.75 Å². The van der Waals surface area contributed by atoms with Gasteiger partial charge in [-0.3, -0.25) is 4.79 Å². The van der Waals surface area contributed by atoms with Crippen molar-refractivity contribution in [3.63, 3.8) is 0 Å². The molecule has 1 aromatic carbocycles. The van der Waals surface area contributed by atoms with Gasteiger partial charge in [0, 0.05) is 6.07 Å². The average molecular weight is 253 g/mol. The number of amides is 1. The summed E-state index contributed by atoms with van der Waals surface area (Å²) in [6.45, 7) is 4.54. The topological polar surface area (TPSA) is 38.8 Å². The first kappa shape index (κ1) is 12.8. The molecule has 5 heteroatoms. The number of benzene rings is 1. The van der Waals surface area contributed by atoms with Crippen LogP contribution < -0.4 is 4.74 Å². The predicted molar refractivity (Wildman–Crippen MR) is 63.6 cm³/mol. The first-order chi connectivity index (χ1) is 8.49. The monoisotopic (exact) mass is 253 g/mol. The van der Waals surface area contributed by atoms with Gasteiger partial charge in [-0.15, -0.1) is 0 Å². The van der Waals surface area contributed by atoms with Crippen LogP contribution in [0.15, 0.2) is 24.3 Å². The normalized spacial score (nSPS) is 17.8. The Morgan fingerprint density at radius 2 is 2.33 bits per heavy atom. The maximum absolute atomic E-state index is 12.9. The van der Waals surface area contributed by atoms with Crippen LogP contribution in [0.2, 0.25) is 0 Å². The van der Waals surface area contributed by atoms with Crippen molar-refractivity contribution >= 4 is 5.91 Å². The van der Waals surface area contributed by atoms with Crippen molar-refractivity contribution < 1.29 is 18.7 Å². The van der Waals surface area contributed by atoms with E-state index in [0.29, 0.717) is 12.4 Å². The fourth-order valence-corrected chi connectivity index (χ4v) is 1.83. The average Bonchev–Trinajstić information content (AvgIpc) is 2.66. The van der Waals surface area contributed by atoms with Crippen LogP contribution in [0.3, 0.4) is 0 Å². The van der Waals surface area contributed by atoms with E-state index >= 15 is 0 Å². The Hall–Kier alpha value is -1.62. The zero-order chi connectivity index (χ0) is 13.2. The summed E-state index contributed by atoms with van der Waals surface area (Å²) in [6, 6.07) is 5.73. The Balaban J connectivity index is 1.93. The smallest absolute Gasteiger partial charge is 0.262 e. The van der Waals surface area contributed by atoms with Crippen LogP contribution in [0.1, 0.15) is 13.8 Å². The van der Waals surface area contributed by atoms with E-state index in [-0.39, 0.29) is 30.6 Å². The second-order valence-corrected chi connectivity index (χ2v) is 4.86. The van der Waals surface area contributed by atoms with Gasteiger partial charge in [0.15, 0.2) is 6.61 Å². The quantitative estimate of drug-likeness (QED) is 0.824. The van der Waals surface area contributed by atoms with E-state index < -0.39 is 0 Å². The molecule has 0 radical (unpaired) electrons. The minimum absolute atomic E-state index is 0.115. The van der Waals surface area contributed by atoms with Crippen molar-refractivity contribution in [2.24, 2.45) is 0 Å². The molecule has 0 aromatic heterocycles. The summed E-state index contributed by atoms with van der Waals surface area (Å²) in [6.07, 6.45) is 0. The molecule has 0 unspecified atom stereocenters. The van der Waals surface area contributed by atoms with Crippen LogP contribution in [0.25, 0.3) is 0 Å². The van der Waals surface area contributed by atoms with Gasteiger partial charge in [0.25, 0.3) is 5.91 Å². The second-order valence-electron chi connectivity index (χ2n) is 4.86. The molecule has 98 valence electrons. The number of ether oxygens (including phenoxy) is 2. The summed E-state index contributed by atoms with van der Waals surface area (Å²) in [7, 11) is 0. The van der Waals surface area contributed by atoms with Crippen LogP contribution in [-0.2, 0) is 9.53 Å². The fraction of sp³-hybridized carbons (Fsp3) is 0.462. The molecule has 0 spiro atoms. The summed E-state index contributed by atoms with van der Waals surface area (Å²) in [5.74, 6) is -0.201. The largest absolute Gasteiger partial charge is 0.484 e. The number of hydrogen-bond acceptors (Lipinski definition) is 3. The third-order valence-electron chi connectivity index (χ3n) is 2.87. The van der Waals surface area contributed by atoms with Gasteiger partial charge in [0.05, 0.1) is 12.1 Å². The third kappa shape index (κ3) is 2.79. The summed E-state index contributed by atoms with van der Waals surface area (Å²) in [5.41, 5.74) is -0.317. The highest BCUT2D eigenvalue weighted by Gasteiger charge is 2.36. The molecule has 1 amide bonds. The van der Waals surface area contributed by atoms with Gasteiger partial charge in [-0.05, 0) is 26.0 Å². The minimum Gasteiger partial charge on any atom is -0.484 e. The summed E-state index contributed by atoms with van der Waals surface area (Å²) in [4.78, 5) is 13.6. The summed E-state index contributed by atoms with van der Waals surface area (Å²) < 4.78 is 23.4. The predicted octanol–water partition coefficient (Wildman–Crippen LogP) is 1.80. The zero-order valence-corrected chi connectivity index (χ0v) is 10.5. The molecule has 0 N–H and O–H groups in total. The first-order valence-corrected chi connectivity index (χ1v) is 5.76. The molecule has 1 heterocycles. The van der Waals surface area contributed by atoms with Crippen LogP contribution in [0.5, 0.6) is 5.75 Å². The molecular formula is C13H16FNO3. The Morgan fingerprint density at radius 1 is 1.56 bits per heavy atom. The van der Waals surface area contributed by atoms with Gasteiger partial charge in [-0.25, -0.2) is 4.39 Å². The molecule has 1 aliphatic heterocycles. The molecule has 1 fully saturated rings. The van der Waals surface area contributed by atoms with E-state index in [2.05, 4.69) is 0 Å². The van der Waals surface area contributed by atoms with Gasteiger partial charge >= 0.3 is 0 Å². The van der Waals surface area contributed by atoms with E-state index in [1.807, 2.05) is 13.8 Å². The molecule has 4 nitrogen and oxygen atoms in total. The van der Waals surface area contributed by atoms with E-state index in [0.717, 1.165) is 0 Å². The Labute approximate surface area is 105 Å². The number of rotatable bonds is 3. The van der Waals surface area contributed by atoms with E-state index in [1.165, 1.54) is 18.2 Å². The number of carbonyl (C=O) groups is 1. The van der Waals surface area contributed by atoms with E-state index in [9.17, 15) is 9.18 Å². The highest BCUT2D eigenvalue weighted by molar-refractivity contribution is 5.78. The molecule has 0 aliphatic carbocycles. The van der Waals surface area contributed by atoms with Crippen LogP contribution in [-0.4, -0.2) is 36.3 Å². The SMILES string of the molecule is CC1(C)COCN1C(=O)COc1cccc(F)c1. The number of halogens is 1. The lowest BCUT2D eigenvalue weighted by Crippen LogP contribution is -2.46. The van der Waals surface area contributed by atoms with Gasteiger partial charge < -0.3 is 14.4 Å². The molecule has 18 heavy (non-hydrogen) atoms. The molecule has 0 bridgehead atoms. The Bertz CT molecular complexity index is 448. The lowest BCUT2D eigenvalue weighted by Gasteiger charge is -2.28. The van der Waals surface area contributed by atoms with Crippen LogP contribution in [0, 0.1) is 5.82 Å². The Kier molecular flexibility index (Phi) is 3.52. The molecular weight excluding hydrogens is 237 g/mol. The van der Waals surface area contributed by atoms with Gasteiger partial charge in [-0.1, -0.05) is 6.07 Å². The number of hydrogen-bond donors (Lipinski definition) is 0. The Morgan fingerprint density at radius 3 is 2.94 bits per heavy atom. The standard InChI is InChI=1S/C13H16FNO3/c1-13(2)8-17-9-15(13)12(16)7-18-11-5-3-4-10(14)6-11/h3-6H,7-9H2,1-2H3. The molecule has 1 aromatic rings. The fourth-order valence-electron chi connectivity index (χ4n) is 1.83. The summed E-state index contributed by atoms with van der Waals surface area (Å²) in [5, 5.41) is 0. The minimum atomic E-state index is -0.384. The first-order valence-electron chi connectivity index (χ1n) is 5.76. The van der Waals surface area contributed by atoms with E-state index in [4.69, 9.17) is 9.47 Å². The van der Waals surface area contributed by atoms with Gasteiger partial charge in [0.1, 0.15) is 18.3 Å². The highest BCUT2D eigenvalue weighted by atomic mass is 19.1. The van der Waals surface area contributed by atoms with Crippen LogP contribution in [0.4, 0.5) is 4.39 Å². The van der Waals surface area contributed by atoms with E-state index in [1.54, 1.807) is 11.0 Å². The van der Waals surface area contributed by atoms with Gasteiger partial charge in [0.2, 0.25) is 0 Å². The number of carbonyl (C=O) groups excluding carboxylic acids is 1. The maximum Gasteiger partial charge on any atom is 0.262 e. The van der Waals surface area contributed by atoms with Crippen molar-refractivity contribution in [2.75, 3.05) is 19.9 Å². The van der Waals surface area contributed by atoms with Gasteiger partial charge in [-0.2, -0.15) is 0 Å². The molecule has 0 atom stereocenters. The third-order valence-corrected chi connectivity index (χ3v) is 2.87. The lowest BCUT2D eigenvalue weighted by molar-refractivity contribution is -0.137. The second kappa shape index (κ2) is 4.94. The summed E-state index contributed by atoms with van der Waals surface area (Å²) >= 11 is 0. The molecule has 2 rings (SSSR count). The van der Waals surface area contributed by atoms with Crippen molar-refractivity contribution in [3.05, 3.63) is 30.1 Å². The van der Waals surface area contributed by atoms with Crippen molar-refractivity contribution in [1.29, 1.82) is 0 Å². The molecule has 1 aliphatic rings. The number of nitrogens with zero attached hydrogens (tertiary/aromatic N) is 1.